The lowest BCUT2D eigenvalue weighted by molar-refractivity contribution is 0.105. The molecule has 94 valence electrons. The molecule has 0 aromatic rings. The Hall–Kier alpha value is -0.300. The van der Waals surface area contributed by atoms with Crippen molar-refractivity contribution in [2.24, 2.45) is 11.1 Å². The van der Waals surface area contributed by atoms with E-state index in [0.29, 0.717) is 5.41 Å². The van der Waals surface area contributed by atoms with Crippen LogP contribution in [-0.4, -0.2) is 5.54 Å². The summed E-state index contributed by atoms with van der Waals surface area (Å²) >= 11 is 0. The van der Waals surface area contributed by atoms with E-state index >= 15 is 0 Å². The summed E-state index contributed by atoms with van der Waals surface area (Å²) in [5.74, 6) is 0. The zero-order chi connectivity index (χ0) is 12.1. The van der Waals surface area contributed by atoms with Crippen LogP contribution < -0.4 is 5.73 Å². The van der Waals surface area contributed by atoms with Crippen molar-refractivity contribution >= 4 is 0 Å². The predicted octanol–water partition coefficient (Wildman–Crippen LogP) is 4.42. The lowest BCUT2D eigenvalue weighted by atomic mass is 9.63. The number of rotatable bonds is 6. The molecule has 1 aliphatic carbocycles. The third-order valence-corrected chi connectivity index (χ3v) is 4.67. The molecule has 0 unspecified atom stereocenters. The highest BCUT2D eigenvalue weighted by atomic mass is 14.7. The van der Waals surface area contributed by atoms with Gasteiger partial charge in [0.25, 0.3) is 0 Å². The minimum atomic E-state index is 0.144. The van der Waals surface area contributed by atoms with Gasteiger partial charge in [-0.25, -0.2) is 0 Å². The second-order valence-corrected chi connectivity index (χ2v) is 5.79. The summed E-state index contributed by atoms with van der Waals surface area (Å²) in [7, 11) is 0. The average molecular weight is 223 g/mol. The molecule has 2 N–H and O–H groups in total. The molecule has 1 aliphatic rings. The summed E-state index contributed by atoms with van der Waals surface area (Å²) in [6, 6.07) is 0. The minimum absolute atomic E-state index is 0.144. The highest BCUT2D eigenvalue weighted by Gasteiger charge is 2.38. The van der Waals surface area contributed by atoms with Gasteiger partial charge in [0.05, 0.1) is 0 Å². The van der Waals surface area contributed by atoms with E-state index in [9.17, 15) is 0 Å². The molecular weight excluding hydrogens is 194 g/mol. The fourth-order valence-electron chi connectivity index (χ4n) is 3.20. The topological polar surface area (TPSA) is 26.0 Å². The van der Waals surface area contributed by atoms with Gasteiger partial charge < -0.3 is 5.73 Å². The van der Waals surface area contributed by atoms with Crippen LogP contribution in [-0.2, 0) is 0 Å². The summed E-state index contributed by atoms with van der Waals surface area (Å²) in [5.41, 5.74) is 7.11. The van der Waals surface area contributed by atoms with Gasteiger partial charge in [0.2, 0.25) is 0 Å². The normalized spacial score (nSPS) is 34.9. The van der Waals surface area contributed by atoms with Crippen LogP contribution in [0.5, 0.6) is 0 Å². The smallest absolute Gasteiger partial charge is 0.0152 e. The fraction of sp³-hybridized carbons (Fsp3) is 0.867. The SMILES string of the molecule is C=CCCC1(CCC)CCC(N)(CC)CC1. The molecule has 1 saturated carbocycles. The van der Waals surface area contributed by atoms with Crippen LogP contribution in [0, 0.1) is 5.41 Å². The molecule has 0 bridgehead atoms. The first-order valence-corrected chi connectivity index (χ1v) is 6.99. The fourth-order valence-corrected chi connectivity index (χ4v) is 3.20. The van der Waals surface area contributed by atoms with Gasteiger partial charge in [-0.15, -0.1) is 6.58 Å². The molecule has 0 heterocycles. The van der Waals surface area contributed by atoms with E-state index in [1.165, 1.54) is 51.4 Å². The van der Waals surface area contributed by atoms with E-state index in [0.717, 1.165) is 6.42 Å². The molecule has 0 aromatic carbocycles. The van der Waals surface area contributed by atoms with E-state index in [2.05, 4.69) is 26.5 Å². The molecular formula is C15H29N. The Bertz CT molecular complexity index is 211. The van der Waals surface area contributed by atoms with Crippen molar-refractivity contribution in [2.75, 3.05) is 0 Å². The highest BCUT2D eigenvalue weighted by molar-refractivity contribution is 4.95. The number of hydrogen-bond acceptors (Lipinski definition) is 1. The van der Waals surface area contributed by atoms with E-state index in [4.69, 9.17) is 5.73 Å². The van der Waals surface area contributed by atoms with Gasteiger partial charge in [-0.3, -0.25) is 0 Å². The summed E-state index contributed by atoms with van der Waals surface area (Å²) in [5, 5.41) is 0. The maximum absolute atomic E-state index is 6.38. The maximum Gasteiger partial charge on any atom is 0.0152 e. The monoisotopic (exact) mass is 223 g/mol. The van der Waals surface area contributed by atoms with Gasteiger partial charge >= 0.3 is 0 Å². The summed E-state index contributed by atoms with van der Waals surface area (Å²) < 4.78 is 0. The van der Waals surface area contributed by atoms with Crippen LogP contribution >= 0.6 is 0 Å². The largest absolute Gasteiger partial charge is 0.325 e. The van der Waals surface area contributed by atoms with E-state index in [-0.39, 0.29) is 5.54 Å². The first kappa shape index (κ1) is 13.8. The van der Waals surface area contributed by atoms with Crippen molar-refractivity contribution in [1.82, 2.24) is 0 Å². The Morgan fingerprint density at radius 2 is 1.75 bits per heavy atom. The van der Waals surface area contributed by atoms with Crippen molar-refractivity contribution in [3.63, 3.8) is 0 Å². The number of nitrogens with two attached hydrogens (primary N) is 1. The van der Waals surface area contributed by atoms with Gasteiger partial charge in [-0.1, -0.05) is 26.3 Å². The molecule has 0 spiro atoms. The second kappa shape index (κ2) is 5.86. The van der Waals surface area contributed by atoms with Crippen LogP contribution in [0.3, 0.4) is 0 Å². The van der Waals surface area contributed by atoms with Gasteiger partial charge in [-0.2, -0.15) is 0 Å². The Morgan fingerprint density at radius 3 is 2.19 bits per heavy atom. The van der Waals surface area contributed by atoms with E-state index in [1.54, 1.807) is 0 Å². The molecule has 1 heteroatoms. The number of allylic oxidation sites excluding steroid dienone is 1. The minimum Gasteiger partial charge on any atom is -0.325 e. The zero-order valence-electron chi connectivity index (χ0n) is 11.2. The molecule has 0 saturated heterocycles. The summed E-state index contributed by atoms with van der Waals surface area (Å²) in [4.78, 5) is 0. The predicted molar refractivity (Wildman–Crippen MR) is 72.4 cm³/mol. The van der Waals surface area contributed by atoms with E-state index in [1.807, 2.05) is 0 Å². The van der Waals surface area contributed by atoms with Gasteiger partial charge in [0, 0.05) is 5.54 Å². The Labute approximate surface area is 101 Å². The third-order valence-electron chi connectivity index (χ3n) is 4.67. The van der Waals surface area contributed by atoms with Crippen LogP contribution in [0.4, 0.5) is 0 Å². The van der Waals surface area contributed by atoms with Gasteiger partial charge in [0.15, 0.2) is 0 Å². The van der Waals surface area contributed by atoms with Crippen LogP contribution in [0.25, 0.3) is 0 Å². The quantitative estimate of drug-likeness (QED) is 0.663. The summed E-state index contributed by atoms with van der Waals surface area (Å²) in [6.07, 6.45) is 13.5. The Kier molecular flexibility index (Phi) is 5.04. The average Bonchev–Trinajstić information content (AvgIpc) is 2.31. The first-order valence-electron chi connectivity index (χ1n) is 6.99. The third kappa shape index (κ3) is 3.35. The molecule has 0 amide bonds. The van der Waals surface area contributed by atoms with Crippen molar-refractivity contribution in [1.29, 1.82) is 0 Å². The molecule has 1 rings (SSSR count). The standard InChI is InChI=1S/C15H29N/c1-4-7-9-14(8-5-2)10-12-15(16,6-3)13-11-14/h4H,1,5-13,16H2,2-3H3. The zero-order valence-corrected chi connectivity index (χ0v) is 11.2. The number of hydrogen-bond donors (Lipinski definition) is 1. The molecule has 0 aromatic heterocycles. The molecule has 1 nitrogen and oxygen atoms in total. The Morgan fingerprint density at radius 1 is 1.12 bits per heavy atom. The molecule has 16 heavy (non-hydrogen) atoms. The Balaban J connectivity index is 2.57. The molecule has 1 fully saturated rings. The molecule has 0 radical (unpaired) electrons. The maximum atomic E-state index is 6.38. The van der Waals surface area contributed by atoms with Crippen molar-refractivity contribution < 1.29 is 0 Å². The van der Waals surface area contributed by atoms with E-state index < -0.39 is 0 Å². The van der Waals surface area contributed by atoms with Crippen molar-refractivity contribution in [3.05, 3.63) is 12.7 Å². The van der Waals surface area contributed by atoms with Crippen molar-refractivity contribution in [3.8, 4) is 0 Å². The van der Waals surface area contributed by atoms with Crippen LogP contribution in [0.2, 0.25) is 0 Å². The molecule has 0 atom stereocenters. The second-order valence-electron chi connectivity index (χ2n) is 5.79. The van der Waals surface area contributed by atoms with Gasteiger partial charge in [-0.05, 0) is 56.8 Å². The van der Waals surface area contributed by atoms with Crippen LogP contribution in [0.15, 0.2) is 12.7 Å². The highest BCUT2D eigenvalue weighted by Crippen LogP contribution is 2.47. The van der Waals surface area contributed by atoms with Crippen LogP contribution in [0.1, 0.15) is 71.6 Å². The summed E-state index contributed by atoms with van der Waals surface area (Å²) in [6.45, 7) is 8.39. The first-order chi connectivity index (χ1) is 7.60. The lowest BCUT2D eigenvalue weighted by Gasteiger charge is -2.45. The van der Waals surface area contributed by atoms with Gasteiger partial charge in [0.1, 0.15) is 0 Å². The molecule has 0 aliphatic heterocycles. The van der Waals surface area contributed by atoms with Crippen molar-refractivity contribution in [2.45, 2.75) is 77.2 Å². The lowest BCUT2D eigenvalue weighted by Crippen LogP contribution is -2.45.